The molecular weight excluding hydrogens is 398 g/mol. The predicted octanol–water partition coefficient (Wildman–Crippen LogP) is 4.01. The van der Waals surface area contributed by atoms with E-state index in [2.05, 4.69) is 14.9 Å². The summed E-state index contributed by atoms with van der Waals surface area (Å²) in [5.74, 6) is 0.125. The molecule has 2 aromatic rings. The van der Waals surface area contributed by atoms with Gasteiger partial charge in [0.2, 0.25) is 10.0 Å². The van der Waals surface area contributed by atoms with E-state index in [1.165, 1.54) is 43.5 Å². The van der Waals surface area contributed by atoms with Crippen LogP contribution in [0.3, 0.4) is 0 Å². The Labute approximate surface area is 178 Å². The molecule has 1 saturated carbocycles. The molecule has 0 aromatic heterocycles. The Morgan fingerprint density at radius 2 is 1.67 bits per heavy atom. The van der Waals surface area contributed by atoms with Crippen molar-refractivity contribution in [3.63, 3.8) is 0 Å². The molecule has 1 saturated heterocycles. The quantitative estimate of drug-likeness (QED) is 0.700. The molecule has 1 heterocycles. The summed E-state index contributed by atoms with van der Waals surface area (Å²) in [6, 6.07) is 14.0. The molecule has 0 spiro atoms. The van der Waals surface area contributed by atoms with Gasteiger partial charge in [-0.1, -0.05) is 18.9 Å². The van der Waals surface area contributed by atoms with Crippen LogP contribution in [0, 0.1) is 5.92 Å². The van der Waals surface area contributed by atoms with Crippen LogP contribution in [0.1, 0.15) is 48.9 Å². The molecule has 160 valence electrons. The fraction of sp³-hybridized carbons (Fsp3) is 0.435. The maximum atomic E-state index is 12.7. The van der Waals surface area contributed by atoms with Gasteiger partial charge in [-0.15, -0.1) is 0 Å². The normalized spacial score (nSPS) is 17.4. The van der Waals surface area contributed by atoms with E-state index >= 15 is 0 Å². The van der Waals surface area contributed by atoms with Crippen molar-refractivity contribution >= 4 is 27.3 Å². The highest BCUT2D eigenvalue weighted by Gasteiger charge is 2.24. The van der Waals surface area contributed by atoms with E-state index in [0.29, 0.717) is 23.7 Å². The molecule has 7 heteroatoms. The number of carbonyl (C=O) groups excluding carboxylic acids is 1. The van der Waals surface area contributed by atoms with Crippen LogP contribution in [0.2, 0.25) is 0 Å². The lowest BCUT2D eigenvalue weighted by molar-refractivity contribution is 0.102. The Kier molecular flexibility index (Phi) is 6.39. The van der Waals surface area contributed by atoms with Crippen molar-refractivity contribution in [1.29, 1.82) is 0 Å². The van der Waals surface area contributed by atoms with Crippen LogP contribution in [0.5, 0.6) is 0 Å². The average molecular weight is 428 g/mol. The number of hydrogen-bond donors (Lipinski definition) is 2. The maximum absolute atomic E-state index is 12.7. The third-order valence-corrected chi connectivity index (χ3v) is 7.18. The number of carbonyl (C=O) groups is 1. The summed E-state index contributed by atoms with van der Waals surface area (Å²) in [7, 11) is -3.60. The first-order chi connectivity index (χ1) is 14.5. The number of rotatable bonds is 7. The lowest BCUT2D eigenvalue weighted by atomic mass is 10.2. The average Bonchev–Trinajstić information content (AvgIpc) is 3.60. The SMILES string of the molecule is O=C(Nc1ccc(N2CCCCCC2)cc1)c1cccc(S(=O)(=O)NCC2CC2)c1. The van der Waals surface area contributed by atoms with Gasteiger partial charge < -0.3 is 10.2 Å². The van der Waals surface area contributed by atoms with Crippen LogP contribution in [-0.4, -0.2) is 34.0 Å². The van der Waals surface area contributed by atoms with Crippen LogP contribution < -0.4 is 14.9 Å². The molecule has 0 bridgehead atoms. The van der Waals surface area contributed by atoms with E-state index in [0.717, 1.165) is 25.9 Å². The van der Waals surface area contributed by atoms with E-state index < -0.39 is 10.0 Å². The monoisotopic (exact) mass is 427 g/mol. The number of amides is 1. The van der Waals surface area contributed by atoms with Crippen LogP contribution in [0.4, 0.5) is 11.4 Å². The van der Waals surface area contributed by atoms with Gasteiger partial charge in [-0.3, -0.25) is 4.79 Å². The summed E-state index contributed by atoms with van der Waals surface area (Å²) >= 11 is 0. The Morgan fingerprint density at radius 3 is 2.33 bits per heavy atom. The first-order valence-electron chi connectivity index (χ1n) is 10.8. The van der Waals surface area contributed by atoms with Crippen molar-refractivity contribution in [2.75, 3.05) is 29.9 Å². The molecule has 1 aliphatic heterocycles. The second kappa shape index (κ2) is 9.18. The third kappa shape index (κ3) is 5.40. The predicted molar refractivity (Wildman–Crippen MR) is 119 cm³/mol. The van der Waals surface area contributed by atoms with Gasteiger partial charge in [0.15, 0.2) is 0 Å². The number of anilines is 2. The summed E-state index contributed by atoms with van der Waals surface area (Å²) in [6.45, 7) is 2.60. The standard InChI is InChI=1S/C23H29N3O3S/c27-23(19-6-5-7-22(16-19)30(28,29)24-17-18-8-9-18)25-20-10-12-21(13-11-20)26-14-3-1-2-4-15-26/h5-7,10-13,16,18,24H,1-4,8-9,14-15,17H2,(H,25,27). The van der Waals surface area contributed by atoms with E-state index in [-0.39, 0.29) is 10.8 Å². The van der Waals surface area contributed by atoms with Crippen molar-refractivity contribution in [3.05, 3.63) is 54.1 Å². The van der Waals surface area contributed by atoms with Crippen molar-refractivity contribution in [2.45, 2.75) is 43.4 Å². The largest absolute Gasteiger partial charge is 0.372 e. The van der Waals surface area contributed by atoms with Gasteiger partial charge in [-0.25, -0.2) is 13.1 Å². The van der Waals surface area contributed by atoms with Gasteiger partial charge in [0, 0.05) is 36.6 Å². The maximum Gasteiger partial charge on any atom is 0.255 e. The second-order valence-corrected chi connectivity index (χ2v) is 9.99. The third-order valence-electron chi connectivity index (χ3n) is 5.76. The number of sulfonamides is 1. The number of hydrogen-bond acceptors (Lipinski definition) is 4. The Hall–Kier alpha value is -2.38. The molecule has 2 N–H and O–H groups in total. The zero-order valence-electron chi connectivity index (χ0n) is 17.1. The molecule has 1 aliphatic carbocycles. The number of nitrogens with zero attached hydrogens (tertiary/aromatic N) is 1. The van der Waals surface area contributed by atoms with Crippen LogP contribution in [-0.2, 0) is 10.0 Å². The van der Waals surface area contributed by atoms with Gasteiger partial charge >= 0.3 is 0 Å². The fourth-order valence-corrected chi connectivity index (χ4v) is 4.89. The lowest BCUT2D eigenvalue weighted by Gasteiger charge is -2.22. The summed E-state index contributed by atoms with van der Waals surface area (Å²) < 4.78 is 27.6. The smallest absolute Gasteiger partial charge is 0.255 e. The highest BCUT2D eigenvalue weighted by atomic mass is 32.2. The molecule has 2 fully saturated rings. The van der Waals surface area contributed by atoms with Gasteiger partial charge in [0.05, 0.1) is 4.90 Å². The minimum absolute atomic E-state index is 0.118. The molecule has 0 atom stereocenters. The number of benzene rings is 2. The van der Waals surface area contributed by atoms with Crippen molar-refractivity contribution in [2.24, 2.45) is 5.92 Å². The molecule has 30 heavy (non-hydrogen) atoms. The minimum Gasteiger partial charge on any atom is -0.372 e. The number of nitrogens with one attached hydrogen (secondary N) is 2. The summed E-state index contributed by atoms with van der Waals surface area (Å²) in [5, 5.41) is 2.87. The zero-order valence-corrected chi connectivity index (χ0v) is 18.0. The summed E-state index contributed by atoms with van der Waals surface area (Å²) in [4.78, 5) is 15.2. The van der Waals surface area contributed by atoms with Crippen molar-refractivity contribution in [1.82, 2.24) is 4.72 Å². The molecule has 2 aliphatic rings. The first-order valence-corrected chi connectivity index (χ1v) is 12.3. The zero-order chi connectivity index (χ0) is 21.0. The molecule has 4 rings (SSSR count). The van der Waals surface area contributed by atoms with Gasteiger partial charge in [0.25, 0.3) is 5.91 Å². The van der Waals surface area contributed by atoms with E-state index in [1.807, 2.05) is 24.3 Å². The van der Waals surface area contributed by atoms with E-state index in [9.17, 15) is 13.2 Å². The lowest BCUT2D eigenvalue weighted by Crippen LogP contribution is -2.26. The molecule has 2 aromatic carbocycles. The topological polar surface area (TPSA) is 78.5 Å². The second-order valence-electron chi connectivity index (χ2n) is 8.23. The van der Waals surface area contributed by atoms with Gasteiger partial charge in [0.1, 0.15) is 0 Å². The molecule has 1 amide bonds. The van der Waals surface area contributed by atoms with Crippen molar-refractivity contribution in [3.8, 4) is 0 Å². The van der Waals surface area contributed by atoms with Crippen LogP contribution in [0.15, 0.2) is 53.4 Å². The van der Waals surface area contributed by atoms with Crippen LogP contribution >= 0.6 is 0 Å². The first kappa shape index (κ1) is 20.9. The van der Waals surface area contributed by atoms with Gasteiger partial charge in [-0.2, -0.15) is 0 Å². The fourth-order valence-electron chi connectivity index (χ4n) is 3.73. The van der Waals surface area contributed by atoms with Gasteiger partial charge in [-0.05, 0) is 74.1 Å². The van der Waals surface area contributed by atoms with Crippen molar-refractivity contribution < 1.29 is 13.2 Å². The van der Waals surface area contributed by atoms with E-state index in [1.54, 1.807) is 12.1 Å². The molecule has 6 nitrogen and oxygen atoms in total. The Bertz CT molecular complexity index is 977. The van der Waals surface area contributed by atoms with E-state index in [4.69, 9.17) is 0 Å². The molecule has 0 unspecified atom stereocenters. The molecular formula is C23H29N3O3S. The summed E-state index contributed by atoms with van der Waals surface area (Å²) in [6.07, 6.45) is 7.15. The highest BCUT2D eigenvalue weighted by Crippen LogP contribution is 2.28. The highest BCUT2D eigenvalue weighted by molar-refractivity contribution is 7.89. The Morgan fingerprint density at radius 1 is 0.967 bits per heavy atom. The molecule has 0 radical (unpaired) electrons. The Balaban J connectivity index is 1.41. The summed E-state index contributed by atoms with van der Waals surface area (Å²) in [5.41, 5.74) is 2.18. The minimum atomic E-state index is -3.60. The van der Waals surface area contributed by atoms with Crippen LogP contribution in [0.25, 0.3) is 0 Å².